The lowest BCUT2D eigenvalue weighted by molar-refractivity contribution is 0.0487. The fourth-order valence-electron chi connectivity index (χ4n) is 4.74. The molecule has 2 fully saturated rings. The zero-order valence-corrected chi connectivity index (χ0v) is 20.3. The second kappa shape index (κ2) is 10.6. The van der Waals surface area contributed by atoms with Gasteiger partial charge in [-0.2, -0.15) is 4.31 Å². The van der Waals surface area contributed by atoms with Crippen molar-refractivity contribution in [2.75, 3.05) is 32.8 Å². The van der Waals surface area contributed by atoms with Gasteiger partial charge >= 0.3 is 0 Å². The molecule has 2 aliphatic rings. The number of benzene rings is 2. The first-order valence-corrected chi connectivity index (χ1v) is 13.5. The van der Waals surface area contributed by atoms with Crippen molar-refractivity contribution in [3.8, 4) is 0 Å². The van der Waals surface area contributed by atoms with Gasteiger partial charge in [-0.05, 0) is 49.4 Å². The molecule has 1 N–H and O–H groups in total. The molecule has 2 saturated heterocycles. The summed E-state index contributed by atoms with van der Waals surface area (Å²) in [6, 6.07) is 14.6. The van der Waals surface area contributed by atoms with Crippen LogP contribution in [-0.2, 0) is 20.2 Å². The second-order valence-corrected chi connectivity index (χ2v) is 11.2. The lowest BCUT2D eigenvalue weighted by atomic mass is 9.74. The lowest BCUT2D eigenvalue weighted by Crippen LogP contribution is -2.44. The van der Waals surface area contributed by atoms with Crippen LogP contribution in [-0.4, -0.2) is 51.5 Å². The summed E-state index contributed by atoms with van der Waals surface area (Å²) < 4.78 is 33.5. The molecule has 4 rings (SSSR count). The molecule has 0 bridgehead atoms. The Morgan fingerprint density at radius 2 is 1.67 bits per heavy atom. The molecule has 2 heterocycles. The molecule has 0 spiro atoms. The summed E-state index contributed by atoms with van der Waals surface area (Å²) in [5, 5.41) is 3.27. The van der Waals surface area contributed by atoms with Crippen LogP contribution >= 0.6 is 11.6 Å². The van der Waals surface area contributed by atoms with Crippen molar-refractivity contribution >= 4 is 27.5 Å². The van der Waals surface area contributed by atoms with Crippen LogP contribution in [0.4, 0.5) is 0 Å². The Hall–Kier alpha value is -1.93. The molecular weight excluding hydrogens is 460 g/mol. The van der Waals surface area contributed by atoms with E-state index in [4.69, 9.17) is 16.3 Å². The number of carbonyl (C=O) groups is 1. The number of sulfonamides is 1. The number of halogens is 1. The molecule has 2 aliphatic heterocycles. The van der Waals surface area contributed by atoms with E-state index in [-0.39, 0.29) is 26.8 Å². The van der Waals surface area contributed by atoms with Crippen molar-refractivity contribution in [3.05, 3.63) is 64.7 Å². The number of ether oxygens (including phenoxy) is 1. The highest BCUT2D eigenvalue weighted by Gasteiger charge is 2.35. The maximum Gasteiger partial charge on any atom is 0.252 e. The smallest absolute Gasteiger partial charge is 0.252 e. The Morgan fingerprint density at radius 3 is 2.33 bits per heavy atom. The number of hydrogen-bond acceptors (Lipinski definition) is 4. The average Bonchev–Trinajstić information content (AvgIpc) is 3.14. The highest BCUT2D eigenvalue weighted by atomic mass is 35.5. The van der Waals surface area contributed by atoms with Crippen LogP contribution in [0.15, 0.2) is 53.4 Å². The number of hydrogen-bond donors (Lipinski definition) is 1. The van der Waals surface area contributed by atoms with E-state index < -0.39 is 10.0 Å². The summed E-state index contributed by atoms with van der Waals surface area (Å²) in [6.07, 6.45) is 5.38. The minimum absolute atomic E-state index is 0.114. The van der Waals surface area contributed by atoms with Gasteiger partial charge < -0.3 is 10.1 Å². The molecule has 178 valence electrons. The second-order valence-electron chi connectivity index (χ2n) is 8.90. The first-order chi connectivity index (χ1) is 15.9. The summed E-state index contributed by atoms with van der Waals surface area (Å²) in [5.41, 5.74) is 1.12. The summed E-state index contributed by atoms with van der Waals surface area (Å²) in [7, 11) is -3.67. The minimum Gasteiger partial charge on any atom is -0.381 e. The first kappa shape index (κ1) is 24.2. The van der Waals surface area contributed by atoms with Gasteiger partial charge in [0.25, 0.3) is 5.91 Å². The Bertz CT molecular complexity index is 1060. The molecule has 0 aliphatic carbocycles. The predicted octanol–water partition coefficient (Wildman–Crippen LogP) is 4.38. The van der Waals surface area contributed by atoms with Crippen LogP contribution in [0.25, 0.3) is 0 Å². The highest BCUT2D eigenvalue weighted by Crippen LogP contribution is 2.34. The van der Waals surface area contributed by atoms with Gasteiger partial charge in [0.1, 0.15) is 0 Å². The third-order valence-electron chi connectivity index (χ3n) is 6.81. The molecule has 0 radical (unpaired) electrons. The van der Waals surface area contributed by atoms with Gasteiger partial charge in [0, 0.05) is 38.3 Å². The van der Waals surface area contributed by atoms with E-state index in [1.54, 1.807) is 0 Å². The Morgan fingerprint density at radius 1 is 1.00 bits per heavy atom. The summed E-state index contributed by atoms with van der Waals surface area (Å²) in [5.74, 6) is -0.366. The molecule has 33 heavy (non-hydrogen) atoms. The summed E-state index contributed by atoms with van der Waals surface area (Å²) in [6.45, 7) is 2.71. The van der Waals surface area contributed by atoms with Gasteiger partial charge in [-0.25, -0.2) is 8.42 Å². The SMILES string of the molecule is O=C(NCC1(c2ccccc2)CCOCC1)c1cc(S(=O)(=O)N2CCCCCC2)ccc1Cl. The molecule has 1 amide bonds. The van der Waals surface area contributed by atoms with Gasteiger partial charge in [-0.3, -0.25) is 4.79 Å². The molecule has 0 aromatic heterocycles. The van der Waals surface area contributed by atoms with E-state index >= 15 is 0 Å². The lowest BCUT2D eigenvalue weighted by Gasteiger charge is -2.38. The molecule has 6 nitrogen and oxygen atoms in total. The zero-order valence-electron chi connectivity index (χ0n) is 18.8. The number of carbonyl (C=O) groups excluding carboxylic acids is 1. The van der Waals surface area contributed by atoms with E-state index in [0.717, 1.165) is 44.1 Å². The van der Waals surface area contributed by atoms with Crippen LogP contribution in [0.3, 0.4) is 0 Å². The predicted molar refractivity (Wildman–Crippen MR) is 129 cm³/mol. The van der Waals surface area contributed by atoms with Gasteiger partial charge in [0.05, 0.1) is 15.5 Å². The van der Waals surface area contributed by atoms with Crippen LogP contribution in [0, 0.1) is 0 Å². The van der Waals surface area contributed by atoms with Crippen molar-refractivity contribution < 1.29 is 17.9 Å². The largest absolute Gasteiger partial charge is 0.381 e. The third-order valence-corrected chi connectivity index (χ3v) is 9.03. The van der Waals surface area contributed by atoms with Crippen molar-refractivity contribution in [3.63, 3.8) is 0 Å². The van der Waals surface area contributed by atoms with Crippen molar-refractivity contribution in [1.29, 1.82) is 0 Å². The number of amides is 1. The molecule has 2 aromatic carbocycles. The maximum absolute atomic E-state index is 13.2. The third kappa shape index (κ3) is 5.43. The van der Waals surface area contributed by atoms with Gasteiger partial charge in [0.15, 0.2) is 0 Å². The van der Waals surface area contributed by atoms with Crippen molar-refractivity contribution in [1.82, 2.24) is 9.62 Å². The van der Waals surface area contributed by atoms with Crippen LogP contribution in [0.1, 0.15) is 54.4 Å². The van der Waals surface area contributed by atoms with E-state index in [0.29, 0.717) is 32.8 Å². The van der Waals surface area contributed by atoms with Crippen LogP contribution in [0.2, 0.25) is 5.02 Å². The van der Waals surface area contributed by atoms with E-state index in [9.17, 15) is 13.2 Å². The fourth-order valence-corrected chi connectivity index (χ4v) is 6.48. The fraction of sp³-hybridized carbons (Fsp3) is 0.480. The number of nitrogens with zero attached hydrogens (tertiary/aromatic N) is 1. The normalized spacial score (nSPS) is 19.5. The van der Waals surface area contributed by atoms with E-state index in [2.05, 4.69) is 17.4 Å². The molecule has 0 saturated carbocycles. The molecule has 0 unspecified atom stereocenters. The van der Waals surface area contributed by atoms with E-state index in [1.807, 2.05) is 18.2 Å². The Balaban J connectivity index is 1.54. The molecule has 2 aromatic rings. The first-order valence-electron chi connectivity index (χ1n) is 11.6. The van der Waals surface area contributed by atoms with Crippen molar-refractivity contribution in [2.24, 2.45) is 0 Å². The number of nitrogens with one attached hydrogen (secondary N) is 1. The van der Waals surface area contributed by atoms with Crippen molar-refractivity contribution in [2.45, 2.75) is 48.8 Å². The van der Waals surface area contributed by atoms with Gasteiger partial charge in [0.2, 0.25) is 10.0 Å². The standard InChI is InChI=1S/C25H31ClN2O4S/c26-23-11-10-21(33(30,31)28-14-6-1-2-7-15-28)18-22(23)24(29)27-19-25(12-16-32-17-13-25)20-8-4-3-5-9-20/h3-5,8-11,18H,1-2,6-7,12-17,19H2,(H,27,29). The van der Waals surface area contributed by atoms with Crippen LogP contribution < -0.4 is 5.32 Å². The zero-order chi connectivity index (χ0) is 23.3. The Labute approximate surface area is 201 Å². The van der Waals surface area contributed by atoms with E-state index in [1.165, 1.54) is 22.5 Å². The minimum atomic E-state index is -3.67. The maximum atomic E-state index is 13.2. The average molecular weight is 491 g/mol. The van der Waals surface area contributed by atoms with Gasteiger partial charge in [-0.1, -0.05) is 54.8 Å². The van der Waals surface area contributed by atoms with Gasteiger partial charge in [-0.15, -0.1) is 0 Å². The molecular formula is C25H31ClN2O4S. The topological polar surface area (TPSA) is 75.7 Å². The summed E-state index contributed by atoms with van der Waals surface area (Å²) in [4.78, 5) is 13.3. The van der Waals surface area contributed by atoms with Crippen LogP contribution in [0.5, 0.6) is 0 Å². The number of rotatable bonds is 6. The quantitative estimate of drug-likeness (QED) is 0.651. The Kier molecular flexibility index (Phi) is 7.74. The summed E-state index contributed by atoms with van der Waals surface area (Å²) >= 11 is 6.34. The monoisotopic (exact) mass is 490 g/mol. The molecule has 8 heteroatoms. The highest BCUT2D eigenvalue weighted by molar-refractivity contribution is 7.89. The molecule has 0 atom stereocenters.